The molecular weight excluding hydrogens is 314 g/mol. The van der Waals surface area contributed by atoms with Gasteiger partial charge in [0.1, 0.15) is 5.75 Å². The maximum atomic E-state index is 12.1. The second kappa shape index (κ2) is 7.66. The number of hydrogen-bond donors (Lipinski definition) is 0. The molecule has 0 saturated heterocycles. The van der Waals surface area contributed by atoms with Crippen LogP contribution in [0.15, 0.2) is 89.1 Å². The highest BCUT2D eigenvalue weighted by molar-refractivity contribution is 5.91. The first-order valence-corrected chi connectivity index (χ1v) is 7.51. The number of carbonyl (C=O) groups excluding carboxylic acids is 1. The molecule has 3 aromatic rings. The van der Waals surface area contributed by atoms with Gasteiger partial charge in [0.2, 0.25) is 0 Å². The summed E-state index contributed by atoms with van der Waals surface area (Å²) in [6, 6.07) is 22.5. The molecular formula is C20H13N3O2. The van der Waals surface area contributed by atoms with Gasteiger partial charge < -0.3 is 4.74 Å². The highest BCUT2D eigenvalue weighted by Gasteiger charge is 2.08. The highest BCUT2D eigenvalue weighted by atomic mass is 16.5. The molecule has 0 aromatic heterocycles. The topological polar surface area (TPSA) is 55.4 Å². The summed E-state index contributed by atoms with van der Waals surface area (Å²) >= 11 is 0. The first kappa shape index (κ1) is 16.1. The van der Waals surface area contributed by atoms with Crippen molar-refractivity contribution in [1.82, 2.24) is 0 Å². The zero-order chi connectivity index (χ0) is 17.5. The van der Waals surface area contributed by atoms with Crippen molar-refractivity contribution < 1.29 is 9.53 Å². The van der Waals surface area contributed by atoms with Gasteiger partial charge in [0.25, 0.3) is 0 Å². The van der Waals surface area contributed by atoms with Crippen LogP contribution >= 0.6 is 0 Å². The van der Waals surface area contributed by atoms with Crippen molar-refractivity contribution in [3.05, 3.63) is 95.8 Å². The van der Waals surface area contributed by atoms with Gasteiger partial charge >= 0.3 is 5.97 Å². The van der Waals surface area contributed by atoms with Gasteiger partial charge in [-0.3, -0.25) is 0 Å². The van der Waals surface area contributed by atoms with Crippen LogP contribution in [0.1, 0.15) is 10.4 Å². The van der Waals surface area contributed by atoms with E-state index in [4.69, 9.17) is 11.3 Å². The van der Waals surface area contributed by atoms with Crippen LogP contribution in [0.2, 0.25) is 0 Å². The van der Waals surface area contributed by atoms with Crippen molar-refractivity contribution in [2.75, 3.05) is 0 Å². The summed E-state index contributed by atoms with van der Waals surface area (Å²) in [6.45, 7) is 6.90. The van der Waals surface area contributed by atoms with Gasteiger partial charge in [-0.1, -0.05) is 42.5 Å². The molecule has 0 heterocycles. The van der Waals surface area contributed by atoms with Crippen LogP contribution in [0.5, 0.6) is 5.75 Å². The number of ether oxygens (including phenoxy) is 1. The van der Waals surface area contributed by atoms with Crippen LogP contribution in [0, 0.1) is 6.57 Å². The van der Waals surface area contributed by atoms with Crippen molar-refractivity contribution in [2.24, 2.45) is 10.2 Å². The van der Waals surface area contributed by atoms with Crippen LogP contribution < -0.4 is 4.74 Å². The Morgan fingerprint density at radius 1 is 0.800 bits per heavy atom. The average Bonchev–Trinajstić information content (AvgIpc) is 2.68. The third-order valence-electron chi connectivity index (χ3n) is 3.32. The molecule has 0 saturated carbocycles. The molecule has 0 radical (unpaired) electrons. The predicted molar refractivity (Wildman–Crippen MR) is 94.7 cm³/mol. The molecule has 0 aliphatic carbocycles. The third kappa shape index (κ3) is 4.36. The van der Waals surface area contributed by atoms with E-state index < -0.39 is 5.97 Å². The summed E-state index contributed by atoms with van der Waals surface area (Å²) in [5.41, 5.74) is 2.29. The standard InChI is InChI=1S/C20H13N3O2/c1-21-16-9-7-15(8-10-16)20(24)25-19-13-11-18(12-14-19)23-22-17-5-3-2-4-6-17/h2-14H. The van der Waals surface area contributed by atoms with Crippen LogP contribution in [-0.4, -0.2) is 5.97 Å². The lowest BCUT2D eigenvalue weighted by molar-refractivity contribution is 0.0735. The van der Waals surface area contributed by atoms with Gasteiger partial charge in [-0.2, -0.15) is 10.2 Å². The average molecular weight is 327 g/mol. The molecule has 120 valence electrons. The van der Waals surface area contributed by atoms with Gasteiger partial charge in [-0.05, 0) is 36.4 Å². The number of benzene rings is 3. The Bertz CT molecular complexity index is 925. The van der Waals surface area contributed by atoms with Gasteiger partial charge in [0.05, 0.1) is 23.5 Å². The molecule has 0 aliphatic rings. The van der Waals surface area contributed by atoms with Crippen LogP contribution in [-0.2, 0) is 0 Å². The Kier molecular flexibility index (Phi) is 4.93. The van der Waals surface area contributed by atoms with Crippen LogP contribution in [0.4, 0.5) is 17.1 Å². The van der Waals surface area contributed by atoms with E-state index in [0.29, 0.717) is 22.7 Å². The number of carbonyl (C=O) groups is 1. The number of esters is 1. The summed E-state index contributed by atoms with van der Waals surface area (Å²) in [5, 5.41) is 8.25. The van der Waals surface area contributed by atoms with E-state index in [0.717, 1.165) is 5.69 Å². The molecule has 0 N–H and O–H groups in total. The van der Waals surface area contributed by atoms with Crippen LogP contribution in [0.3, 0.4) is 0 Å². The third-order valence-corrected chi connectivity index (χ3v) is 3.32. The Morgan fingerprint density at radius 2 is 1.40 bits per heavy atom. The van der Waals surface area contributed by atoms with Crippen molar-refractivity contribution in [2.45, 2.75) is 0 Å². The van der Waals surface area contributed by atoms with E-state index in [1.165, 1.54) is 0 Å². The van der Waals surface area contributed by atoms with Gasteiger partial charge in [-0.15, -0.1) is 0 Å². The molecule has 5 nitrogen and oxygen atoms in total. The minimum Gasteiger partial charge on any atom is -0.423 e. The zero-order valence-corrected chi connectivity index (χ0v) is 13.2. The molecule has 0 aliphatic heterocycles. The van der Waals surface area contributed by atoms with E-state index in [9.17, 15) is 4.79 Å². The first-order valence-electron chi connectivity index (χ1n) is 7.51. The fourth-order valence-corrected chi connectivity index (χ4v) is 2.03. The Hall–Kier alpha value is -3.78. The van der Waals surface area contributed by atoms with Crippen molar-refractivity contribution in [3.8, 4) is 5.75 Å². The molecule has 0 spiro atoms. The molecule has 0 amide bonds. The summed E-state index contributed by atoms with van der Waals surface area (Å²) in [6.07, 6.45) is 0. The minimum absolute atomic E-state index is 0.389. The molecule has 0 atom stereocenters. The number of hydrogen-bond acceptors (Lipinski definition) is 4. The molecule has 0 unspecified atom stereocenters. The largest absolute Gasteiger partial charge is 0.423 e. The number of nitrogens with zero attached hydrogens (tertiary/aromatic N) is 3. The van der Waals surface area contributed by atoms with Crippen LogP contribution in [0.25, 0.3) is 4.85 Å². The second-order valence-electron chi connectivity index (χ2n) is 5.08. The Balaban J connectivity index is 1.65. The molecule has 25 heavy (non-hydrogen) atoms. The van der Waals surface area contributed by atoms with Gasteiger partial charge in [0.15, 0.2) is 5.69 Å². The first-order chi connectivity index (χ1) is 12.2. The van der Waals surface area contributed by atoms with Crippen molar-refractivity contribution >= 4 is 23.0 Å². The monoisotopic (exact) mass is 327 g/mol. The highest BCUT2D eigenvalue weighted by Crippen LogP contribution is 2.22. The summed E-state index contributed by atoms with van der Waals surface area (Å²) in [5.74, 6) is -0.0619. The van der Waals surface area contributed by atoms with E-state index in [-0.39, 0.29) is 0 Å². The molecule has 3 aromatic carbocycles. The number of rotatable bonds is 4. The molecule has 3 rings (SSSR count). The fourth-order valence-electron chi connectivity index (χ4n) is 2.03. The molecule has 0 bridgehead atoms. The zero-order valence-electron chi connectivity index (χ0n) is 13.2. The van der Waals surface area contributed by atoms with Crippen molar-refractivity contribution in [1.29, 1.82) is 0 Å². The summed E-state index contributed by atoms with van der Waals surface area (Å²) < 4.78 is 5.30. The lowest BCUT2D eigenvalue weighted by Gasteiger charge is -2.04. The molecule has 5 heteroatoms. The van der Waals surface area contributed by atoms with Crippen molar-refractivity contribution in [3.63, 3.8) is 0 Å². The van der Waals surface area contributed by atoms with E-state index in [1.807, 2.05) is 30.3 Å². The maximum absolute atomic E-state index is 12.1. The van der Waals surface area contributed by atoms with Gasteiger partial charge in [-0.25, -0.2) is 9.64 Å². The Labute approximate surface area is 145 Å². The summed E-state index contributed by atoms with van der Waals surface area (Å²) in [4.78, 5) is 15.4. The van der Waals surface area contributed by atoms with E-state index in [2.05, 4.69) is 15.1 Å². The normalized spacial score (nSPS) is 10.4. The summed E-state index contributed by atoms with van der Waals surface area (Å²) in [7, 11) is 0. The number of azo groups is 1. The van der Waals surface area contributed by atoms with E-state index >= 15 is 0 Å². The molecule has 0 fully saturated rings. The van der Waals surface area contributed by atoms with E-state index in [1.54, 1.807) is 48.5 Å². The second-order valence-corrected chi connectivity index (χ2v) is 5.08. The van der Waals surface area contributed by atoms with Gasteiger partial charge in [0, 0.05) is 0 Å². The Morgan fingerprint density at radius 3 is 2.00 bits per heavy atom. The smallest absolute Gasteiger partial charge is 0.343 e. The predicted octanol–water partition coefficient (Wildman–Crippen LogP) is 5.87. The lowest BCUT2D eigenvalue weighted by atomic mass is 10.2. The maximum Gasteiger partial charge on any atom is 0.343 e. The quantitative estimate of drug-likeness (QED) is 0.260. The fraction of sp³-hybridized carbons (Fsp3) is 0. The minimum atomic E-state index is -0.477. The lowest BCUT2D eigenvalue weighted by Crippen LogP contribution is -2.07. The SMILES string of the molecule is [C-]#[N+]c1ccc(C(=O)Oc2ccc(N=Nc3ccccc3)cc2)cc1.